The van der Waals surface area contributed by atoms with Crippen LogP contribution in [0.3, 0.4) is 0 Å². The summed E-state index contributed by atoms with van der Waals surface area (Å²) in [5.74, 6) is 1.61. The zero-order valence-corrected chi connectivity index (χ0v) is 17.5. The van der Waals surface area contributed by atoms with Crippen molar-refractivity contribution in [1.29, 1.82) is 0 Å². The number of hydrogen-bond donors (Lipinski definition) is 2. The first-order chi connectivity index (χ1) is 14.7. The summed E-state index contributed by atoms with van der Waals surface area (Å²) in [6, 6.07) is 6.37. The molecule has 0 radical (unpaired) electrons. The van der Waals surface area contributed by atoms with E-state index in [-0.39, 0.29) is 11.9 Å². The third kappa shape index (κ3) is 6.11. The second kappa shape index (κ2) is 11.4. The van der Waals surface area contributed by atoms with Crippen LogP contribution in [-0.2, 0) is 28.9 Å². The summed E-state index contributed by atoms with van der Waals surface area (Å²) in [5, 5.41) is 18.6. The number of aromatic nitrogens is 4. The van der Waals surface area contributed by atoms with Crippen LogP contribution in [0.1, 0.15) is 35.8 Å². The Hall–Kier alpha value is -2.78. The van der Waals surface area contributed by atoms with Crippen molar-refractivity contribution in [1.82, 2.24) is 30.8 Å². The summed E-state index contributed by atoms with van der Waals surface area (Å²) < 4.78 is 12.6. The number of aryl methyl sites for hydroxylation is 2. The van der Waals surface area contributed by atoms with Crippen LogP contribution in [0.15, 0.2) is 30.9 Å². The van der Waals surface area contributed by atoms with Gasteiger partial charge < -0.3 is 20.1 Å². The zero-order valence-electron chi connectivity index (χ0n) is 17.5. The van der Waals surface area contributed by atoms with E-state index in [9.17, 15) is 4.79 Å². The van der Waals surface area contributed by atoms with E-state index >= 15 is 0 Å². The Bertz CT molecular complexity index is 838. The van der Waals surface area contributed by atoms with Gasteiger partial charge in [-0.15, -0.1) is 5.10 Å². The molecule has 1 aliphatic rings. The number of methoxy groups -OCH3 is 1. The first-order valence-electron chi connectivity index (χ1n) is 10.3. The van der Waals surface area contributed by atoms with Crippen LogP contribution in [0, 0.1) is 0 Å². The van der Waals surface area contributed by atoms with Crippen molar-refractivity contribution < 1.29 is 14.3 Å². The van der Waals surface area contributed by atoms with Crippen LogP contribution >= 0.6 is 0 Å². The molecule has 1 aromatic carbocycles. The molecule has 0 aliphatic carbocycles. The highest BCUT2D eigenvalue weighted by Gasteiger charge is 2.19. The van der Waals surface area contributed by atoms with Crippen molar-refractivity contribution in [3.05, 3.63) is 47.8 Å². The predicted octanol–water partition coefficient (Wildman–Crippen LogP) is 1.21. The number of amides is 1. The van der Waals surface area contributed by atoms with Crippen molar-refractivity contribution in [3.8, 4) is 5.75 Å². The molecule has 1 unspecified atom stereocenters. The largest absolute Gasteiger partial charge is 0.493 e. The van der Waals surface area contributed by atoms with E-state index in [0.29, 0.717) is 26.2 Å². The lowest BCUT2D eigenvalue weighted by Gasteiger charge is -2.18. The lowest BCUT2D eigenvalue weighted by molar-refractivity contribution is -0.116. The quantitative estimate of drug-likeness (QED) is 0.375. The average Bonchev–Trinajstić information content (AvgIpc) is 3.42. The van der Waals surface area contributed by atoms with E-state index in [1.807, 2.05) is 4.68 Å². The number of hydrogen-bond acceptors (Lipinski definition) is 7. The van der Waals surface area contributed by atoms with E-state index < -0.39 is 0 Å². The lowest BCUT2D eigenvalue weighted by Crippen LogP contribution is -2.34. The molecule has 0 bridgehead atoms. The summed E-state index contributed by atoms with van der Waals surface area (Å²) in [6.45, 7) is 6.68. The lowest BCUT2D eigenvalue weighted by atomic mass is 10.0. The summed E-state index contributed by atoms with van der Waals surface area (Å²) in [6.07, 6.45) is 4.78. The number of carbonyl (C=O) groups excluding carboxylic acids is 1. The molecule has 3 rings (SSSR count). The minimum Gasteiger partial charge on any atom is -0.493 e. The van der Waals surface area contributed by atoms with Gasteiger partial charge in [-0.3, -0.25) is 4.79 Å². The molecule has 0 saturated heterocycles. The van der Waals surface area contributed by atoms with E-state index in [1.165, 1.54) is 17.2 Å². The Morgan fingerprint density at radius 1 is 1.43 bits per heavy atom. The molecular formula is C21H30N6O3. The third-order valence-electron chi connectivity index (χ3n) is 5.07. The molecule has 1 aromatic heterocycles. The molecule has 1 atom stereocenters. The van der Waals surface area contributed by atoms with Gasteiger partial charge in [-0.25, -0.2) is 4.68 Å². The van der Waals surface area contributed by atoms with Gasteiger partial charge in [-0.1, -0.05) is 18.7 Å². The highest BCUT2D eigenvalue weighted by molar-refractivity contribution is 5.86. The Kier molecular flexibility index (Phi) is 8.34. The second-order valence-electron chi connectivity index (χ2n) is 7.19. The normalized spacial score (nSPS) is 13.5. The van der Waals surface area contributed by atoms with Gasteiger partial charge in [0.05, 0.1) is 12.6 Å². The highest BCUT2D eigenvalue weighted by atomic mass is 16.5. The number of benzene rings is 1. The summed E-state index contributed by atoms with van der Waals surface area (Å²) in [7, 11) is 1.68. The molecule has 1 aliphatic heterocycles. The maximum atomic E-state index is 11.4. The number of fused-ring (bicyclic) bond motifs is 1. The fourth-order valence-electron chi connectivity index (χ4n) is 3.51. The molecule has 30 heavy (non-hydrogen) atoms. The zero-order chi connectivity index (χ0) is 21.2. The number of nitrogens with zero attached hydrogens (tertiary/aromatic N) is 4. The fraction of sp³-hybridized carbons (Fsp3) is 0.524. The molecule has 9 heteroatoms. The predicted molar refractivity (Wildman–Crippen MR) is 112 cm³/mol. The first-order valence-corrected chi connectivity index (χ1v) is 10.3. The monoisotopic (exact) mass is 414 g/mol. The number of nitrogens with one attached hydrogen (secondary N) is 2. The number of carbonyl (C=O) groups is 1. The maximum Gasteiger partial charge on any atom is 0.243 e. The molecule has 1 amide bonds. The SMILES string of the molecule is C=CC(=O)NCCNC(CCc1ccc2c(c1)CCO2)c1nnnn1CCCOC. The van der Waals surface area contributed by atoms with Crippen molar-refractivity contribution in [3.63, 3.8) is 0 Å². The Morgan fingerprint density at radius 2 is 2.33 bits per heavy atom. The van der Waals surface area contributed by atoms with Crippen molar-refractivity contribution >= 4 is 5.91 Å². The fourth-order valence-corrected chi connectivity index (χ4v) is 3.51. The topological polar surface area (TPSA) is 103 Å². The molecule has 9 nitrogen and oxygen atoms in total. The summed E-state index contributed by atoms with van der Waals surface area (Å²) >= 11 is 0. The Labute approximate surface area is 176 Å². The van der Waals surface area contributed by atoms with Gasteiger partial charge in [0, 0.05) is 39.8 Å². The maximum absolute atomic E-state index is 11.4. The van der Waals surface area contributed by atoms with Crippen molar-refractivity contribution in [2.75, 3.05) is 33.4 Å². The van der Waals surface area contributed by atoms with Crippen LogP contribution in [-0.4, -0.2) is 59.5 Å². The van der Waals surface area contributed by atoms with Crippen LogP contribution in [0.5, 0.6) is 5.75 Å². The number of rotatable bonds is 13. The molecule has 0 saturated carbocycles. The number of tetrazole rings is 1. The summed E-state index contributed by atoms with van der Waals surface area (Å²) in [4.78, 5) is 11.4. The minimum atomic E-state index is -0.182. The Balaban J connectivity index is 1.63. The smallest absolute Gasteiger partial charge is 0.243 e. The van der Waals surface area contributed by atoms with Crippen LogP contribution in [0.2, 0.25) is 0 Å². The molecule has 0 spiro atoms. The van der Waals surface area contributed by atoms with Gasteiger partial charge in [-0.05, 0) is 53.0 Å². The molecule has 2 heterocycles. The van der Waals surface area contributed by atoms with Crippen LogP contribution in [0.4, 0.5) is 0 Å². The van der Waals surface area contributed by atoms with Gasteiger partial charge in [0.25, 0.3) is 0 Å². The van der Waals surface area contributed by atoms with E-state index in [4.69, 9.17) is 9.47 Å². The van der Waals surface area contributed by atoms with E-state index in [1.54, 1.807) is 7.11 Å². The standard InChI is InChI=1S/C21H30N6O3/c1-3-20(28)23-11-10-22-18(21-24-25-26-27(21)12-4-13-29-2)7-5-16-6-8-19-17(15-16)9-14-30-19/h3,6,8,15,18,22H,1,4-5,7,9-14H2,2H3,(H,23,28). The molecule has 2 N–H and O–H groups in total. The minimum absolute atomic E-state index is 0.0346. The van der Waals surface area contributed by atoms with Crippen molar-refractivity contribution in [2.24, 2.45) is 0 Å². The summed E-state index contributed by atoms with van der Waals surface area (Å²) in [5.41, 5.74) is 2.54. The second-order valence-corrected chi connectivity index (χ2v) is 7.19. The van der Waals surface area contributed by atoms with Gasteiger partial charge >= 0.3 is 0 Å². The first kappa shape index (κ1) is 21.9. The van der Waals surface area contributed by atoms with Crippen LogP contribution < -0.4 is 15.4 Å². The molecule has 162 valence electrons. The van der Waals surface area contributed by atoms with E-state index in [0.717, 1.165) is 43.9 Å². The third-order valence-corrected chi connectivity index (χ3v) is 5.07. The molecule has 0 fully saturated rings. The van der Waals surface area contributed by atoms with Gasteiger partial charge in [-0.2, -0.15) is 0 Å². The van der Waals surface area contributed by atoms with Gasteiger partial charge in [0.2, 0.25) is 5.91 Å². The van der Waals surface area contributed by atoms with Crippen LogP contribution in [0.25, 0.3) is 0 Å². The van der Waals surface area contributed by atoms with Gasteiger partial charge in [0.15, 0.2) is 5.82 Å². The number of ether oxygens (including phenoxy) is 2. The highest BCUT2D eigenvalue weighted by Crippen LogP contribution is 2.27. The molecular weight excluding hydrogens is 384 g/mol. The Morgan fingerprint density at radius 3 is 3.17 bits per heavy atom. The van der Waals surface area contributed by atoms with E-state index in [2.05, 4.69) is 50.9 Å². The average molecular weight is 415 g/mol. The van der Waals surface area contributed by atoms with Gasteiger partial charge in [0.1, 0.15) is 5.75 Å². The molecule has 2 aromatic rings. The van der Waals surface area contributed by atoms with Crippen molar-refractivity contribution in [2.45, 2.75) is 38.3 Å².